The second kappa shape index (κ2) is 6.25. The molecule has 1 fully saturated rings. The highest BCUT2D eigenvalue weighted by Gasteiger charge is 2.14. The highest BCUT2D eigenvalue weighted by molar-refractivity contribution is 6.32. The fraction of sp³-hybridized carbons (Fsp3) is 0.900. The van der Waals surface area contributed by atoms with Crippen LogP contribution in [-0.4, -0.2) is 16.3 Å². The van der Waals surface area contributed by atoms with Gasteiger partial charge in [0.2, 0.25) is 0 Å². The predicted octanol–water partition coefficient (Wildman–Crippen LogP) is 3.56. The summed E-state index contributed by atoms with van der Waals surface area (Å²) in [6, 6.07) is 0. The first kappa shape index (κ1) is 10.8. The minimum Gasteiger partial charge on any atom is -0.411 e. The van der Waals surface area contributed by atoms with E-state index in [0.717, 1.165) is 31.4 Å². The number of nitrogens with zero attached hydrogens (tertiary/aromatic N) is 1. The fourth-order valence-electron chi connectivity index (χ4n) is 1.77. The maximum Gasteiger partial charge on any atom is 0.0751 e. The first-order chi connectivity index (χ1) is 6.34. The van der Waals surface area contributed by atoms with Gasteiger partial charge in [0.1, 0.15) is 0 Å². The molecule has 0 spiro atoms. The number of hydrogen-bond donors (Lipinski definition) is 1. The zero-order valence-corrected chi connectivity index (χ0v) is 8.76. The van der Waals surface area contributed by atoms with E-state index < -0.39 is 0 Å². The summed E-state index contributed by atoms with van der Waals surface area (Å²) in [5.41, 5.74) is 0.781. The Morgan fingerprint density at radius 2 is 1.69 bits per heavy atom. The standard InChI is InChI=1S/C10H18ClNO/c11-9-7-5-3-1-2-4-6-8-10(9)12-13/h9,13H,1-8H2. The van der Waals surface area contributed by atoms with E-state index in [4.69, 9.17) is 16.8 Å². The molecule has 0 aliphatic heterocycles. The molecule has 1 unspecified atom stereocenters. The Balaban J connectivity index is 2.42. The molecule has 1 atom stereocenters. The Morgan fingerprint density at radius 3 is 2.38 bits per heavy atom. The maximum absolute atomic E-state index is 8.74. The molecule has 0 aromatic rings. The lowest BCUT2D eigenvalue weighted by atomic mass is 9.99. The van der Waals surface area contributed by atoms with Crippen LogP contribution in [0.3, 0.4) is 0 Å². The summed E-state index contributed by atoms with van der Waals surface area (Å²) in [6.45, 7) is 0. The molecule has 0 aromatic carbocycles. The molecule has 0 heterocycles. The number of alkyl halides is 1. The normalized spacial score (nSPS) is 30.2. The van der Waals surface area contributed by atoms with Crippen LogP contribution in [-0.2, 0) is 0 Å². The molecule has 1 aliphatic carbocycles. The Labute approximate surface area is 85.0 Å². The van der Waals surface area contributed by atoms with Crippen LogP contribution in [0.2, 0.25) is 0 Å². The van der Waals surface area contributed by atoms with E-state index in [0.29, 0.717) is 0 Å². The molecule has 3 heteroatoms. The van der Waals surface area contributed by atoms with Crippen molar-refractivity contribution in [3.05, 3.63) is 0 Å². The minimum atomic E-state index is -0.0388. The summed E-state index contributed by atoms with van der Waals surface area (Å²) >= 11 is 6.09. The zero-order valence-electron chi connectivity index (χ0n) is 8.01. The van der Waals surface area contributed by atoms with Crippen molar-refractivity contribution in [3.63, 3.8) is 0 Å². The fourth-order valence-corrected chi connectivity index (χ4v) is 2.08. The summed E-state index contributed by atoms with van der Waals surface area (Å²) in [5.74, 6) is 0. The van der Waals surface area contributed by atoms with Gasteiger partial charge in [-0.1, -0.05) is 37.3 Å². The lowest BCUT2D eigenvalue weighted by molar-refractivity contribution is 0.315. The van der Waals surface area contributed by atoms with Crippen molar-refractivity contribution in [2.45, 2.75) is 56.7 Å². The lowest BCUT2D eigenvalue weighted by Crippen LogP contribution is -2.15. The maximum atomic E-state index is 8.74. The van der Waals surface area contributed by atoms with Gasteiger partial charge in [0.05, 0.1) is 11.1 Å². The first-order valence-corrected chi connectivity index (χ1v) is 5.63. The van der Waals surface area contributed by atoms with Gasteiger partial charge in [-0.2, -0.15) is 0 Å². The third-order valence-electron chi connectivity index (χ3n) is 2.63. The second-order valence-electron chi connectivity index (χ2n) is 3.72. The molecule has 1 aliphatic rings. The molecule has 0 radical (unpaired) electrons. The van der Waals surface area contributed by atoms with Crippen LogP contribution in [0.25, 0.3) is 0 Å². The number of rotatable bonds is 0. The number of oxime groups is 1. The Morgan fingerprint density at radius 1 is 1.08 bits per heavy atom. The highest BCUT2D eigenvalue weighted by Crippen LogP contribution is 2.18. The van der Waals surface area contributed by atoms with Gasteiger partial charge in [-0.15, -0.1) is 11.6 Å². The topological polar surface area (TPSA) is 32.6 Å². The van der Waals surface area contributed by atoms with Gasteiger partial charge in [-0.25, -0.2) is 0 Å². The van der Waals surface area contributed by atoms with Crippen LogP contribution in [0.4, 0.5) is 0 Å². The second-order valence-corrected chi connectivity index (χ2v) is 4.25. The highest BCUT2D eigenvalue weighted by atomic mass is 35.5. The lowest BCUT2D eigenvalue weighted by Gasteiger charge is -2.13. The van der Waals surface area contributed by atoms with Crippen molar-refractivity contribution in [1.29, 1.82) is 0 Å². The summed E-state index contributed by atoms with van der Waals surface area (Å²) in [7, 11) is 0. The van der Waals surface area contributed by atoms with Crippen molar-refractivity contribution in [2.75, 3.05) is 0 Å². The van der Waals surface area contributed by atoms with Crippen LogP contribution in [0, 0.1) is 0 Å². The van der Waals surface area contributed by atoms with Crippen molar-refractivity contribution in [2.24, 2.45) is 5.16 Å². The van der Waals surface area contributed by atoms with E-state index in [1.54, 1.807) is 0 Å². The van der Waals surface area contributed by atoms with Crippen LogP contribution in [0.15, 0.2) is 5.16 Å². The molecular weight excluding hydrogens is 186 g/mol. The molecule has 1 saturated carbocycles. The molecule has 0 bridgehead atoms. The van der Waals surface area contributed by atoms with E-state index >= 15 is 0 Å². The van der Waals surface area contributed by atoms with Crippen LogP contribution >= 0.6 is 11.6 Å². The van der Waals surface area contributed by atoms with Crippen molar-refractivity contribution in [3.8, 4) is 0 Å². The van der Waals surface area contributed by atoms with Gasteiger partial charge in [-0.3, -0.25) is 0 Å². The quantitative estimate of drug-likeness (QED) is 0.365. The summed E-state index contributed by atoms with van der Waals surface area (Å²) < 4.78 is 0. The molecule has 0 amide bonds. The molecule has 2 nitrogen and oxygen atoms in total. The molecule has 0 saturated heterocycles. The first-order valence-electron chi connectivity index (χ1n) is 5.19. The van der Waals surface area contributed by atoms with E-state index in [9.17, 15) is 0 Å². The van der Waals surface area contributed by atoms with Gasteiger partial charge in [0, 0.05) is 0 Å². The Kier molecular flexibility index (Phi) is 5.21. The molecule has 76 valence electrons. The summed E-state index contributed by atoms with van der Waals surface area (Å²) in [4.78, 5) is 0. The van der Waals surface area contributed by atoms with Gasteiger partial charge in [0.25, 0.3) is 0 Å². The SMILES string of the molecule is ON=C1CCCCCCCCC1Cl. The smallest absolute Gasteiger partial charge is 0.0751 e. The van der Waals surface area contributed by atoms with E-state index in [2.05, 4.69) is 5.16 Å². The van der Waals surface area contributed by atoms with Crippen molar-refractivity contribution >= 4 is 17.3 Å². The monoisotopic (exact) mass is 203 g/mol. The third kappa shape index (κ3) is 3.99. The molecular formula is C10H18ClNO. The number of hydrogen-bond acceptors (Lipinski definition) is 2. The number of halogens is 1. The van der Waals surface area contributed by atoms with Crippen molar-refractivity contribution in [1.82, 2.24) is 0 Å². The summed E-state index contributed by atoms with van der Waals surface area (Å²) in [6.07, 6.45) is 9.24. The van der Waals surface area contributed by atoms with E-state index in [1.165, 1.54) is 25.7 Å². The average Bonchev–Trinajstić information content (AvgIpc) is 2.16. The van der Waals surface area contributed by atoms with Gasteiger partial charge in [0.15, 0.2) is 0 Å². The average molecular weight is 204 g/mol. The molecule has 13 heavy (non-hydrogen) atoms. The van der Waals surface area contributed by atoms with E-state index in [-0.39, 0.29) is 5.38 Å². The van der Waals surface area contributed by atoms with Crippen molar-refractivity contribution < 1.29 is 5.21 Å². The van der Waals surface area contributed by atoms with Crippen LogP contribution < -0.4 is 0 Å². The van der Waals surface area contributed by atoms with E-state index in [1.807, 2.05) is 0 Å². The van der Waals surface area contributed by atoms with Gasteiger partial charge in [-0.05, 0) is 19.3 Å². The largest absolute Gasteiger partial charge is 0.411 e. The Bertz CT molecular complexity index is 170. The van der Waals surface area contributed by atoms with Gasteiger partial charge >= 0.3 is 0 Å². The summed E-state index contributed by atoms with van der Waals surface area (Å²) in [5, 5.41) is 12.0. The minimum absolute atomic E-state index is 0.0388. The Hall–Kier alpha value is -0.240. The van der Waals surface area contributed by atoms with Crippen LogP contribution in [0.5, 0.6) is 0 Å². The third-order valence-corrected chi connectivity index (χ3v) is 3.10. The molecule has 0 aromatic heterocycles. The zero-order chi connectivity index (χ0) is 9.52. The van der Waals surface area contributed by atoms with Crippen LogP contribution in [0.1, 0.15) is 51.4 Å². The predicted molar refractivity (Wildman–Crippen MR) is 55.8 cm³/mol. The molecule has 1 rings (SSSR count). The van der Waals surface area contributed by atoms with Gasteiger partial charge < -0.3 is 5.21 Å². The molecule has 1 N–H and O–H groups in total.